The fourth-order valence-electron chi connectivity index (χ4n) is 2.89. The lowest BCUT2D eigenvalue weighted by Crippen LogP contribution is -2.14. The normalized spacial score (nSPS) is 11.0. The molecule has 3 aromatic rings. The van der Waals surface area contributed by atoms with Crippen molar-refractivity contribution in [2.24, 2.45) is 0 Å². The summed E-state index contributed by atoms with van der Waals surface area (Å²) >= 11 is 15.3. The van der Waals surface area contributed by atoms with Crippen LogP contribution in [0.2, 0.25) is 10.0 Å². The van der Waals surface area contributed by atoms with Crippen LogP contribution in [0.25, 0.3) is 0 Å². The summed E-state index contributed by atoms with van der Waals surface area (Å²) in [5, 5.41) is 13.6. The first-order chi connectivity index (χ1) is 15.0. The zero-order valence-corrected chi connectivity index (χ0v) is 20.5. The molecule has 3 rings (SSSR count). The van der Waals surface area contributed by atoms with Gasteiger partial charge in [0.2, 0.25) is 5.91 Å². The molecule has 0 aliphatic rings. The summed E-state index contributed by atoms with van der Waals surface area (Å²) in [6.45, 7) is 4.90. The van der Waals surface area contributed by atoms with E-state index in [1.165, 1.54) is 17.3 Å². The van der Waals surface area contributed by atoms with E-state index in [-0.39, 0.29) is 11.7 Å². The van der Waals surface area contributed by atoms with E-state index in [1.807, 2.05) is 47.9 Å². The second-order valence-corrected chi connectivity index (χ2v) is 9.53. The molecule has 0 bridgehead atoms. The zero-order chi connectivity index (χ0) is 22.2. The Labute approximate surface area is 201 Å². The van der Waals surface area contributed by atoms with Crippen molar-refractivity contribution in [3.8, 4) is 0 Å². The fourth-order valence-corrected chi connectivity index (χ4v) is 5.24. The molecule has 1 aromatic heterocycles. The minimum Gasteiger partial charge on any atom is -0.325 e. The molecule has 0 atom stereocenters. The first-order valence-electron chi connectivity index (χ1n) is 9.95. The number of rotatable bonds is 10. The van der Waals surface area contributed by atoms with Gasteiger partial charge in [0, 0.05) is 28.0 Å². The maximum atomic E-state index is 12.3. The lowest BCUT2D eigenvalue weighted by Gasteiger charge is -2.09. The Hall–Kier alpha value is -1.67. The van der Waals surface area contributed by atoms with E-state index in [9.17, 15) is 4.79 Å². The minimum atomic E-state index is -0.0618. The number of hydrogen-bond acceptors (Lipinski definition) is 5. The highest BCUT2D eigenvalue weighted by Crippen LogP contribution is 2.27. The van der Waals surface area contributed by atoms with E-state index in [2.05, 4.69) is 22.4 Å². The van der Waals surface area contributed by atoms with Gasteiger partial charge < -0.3 is 9.88 Å². The fraction of sp³-hybridized carbons (Fsp3) is 0.318. The van der Waals surface area contributed by atoms with E-state index in [0.29, 0.717) is 15.8 Å². The highest BCUT2D eigenvalue weighted by molar-refractivity contribution is 7.99. The Morgan fingerprint density at radius 1 is 1.06 bits per heavy atom. The molecule has 9 heteroatoms. The molecule has 164 valence electrons. The number of nitrogens with one attached hydrogen (secondary N) is 1. The van der Waals surface area contributed by atoms with Crippen LogP contribution < -0.4 is 5.32 Å². The molecule has 0 saturated heterocycles. The number of nitrogens with zero attached hydrogens (tertiary/aromatic N) is 3. The smallest absolute Gasteiger partial charge is 0.234 e. The number of benzene rings is 2. The predicted octanol–water partition coefficient (Wildman–Crippen LogP) is 6.33. The van der Waals surface area contributed by atoms with Gasteiger partial charge >= 0.3 is 0 Å². The molecule has 1 amide bonds. The third-order valence-corrected chi connectivity index (χ3v) is 7.12. The number of aryl methyl sites for hydroxylation is 1. The van der Waals surface area contributed by atoms with Crippen LogP contribution in [-0.4, -0.2) is 26.4 Å². The zero-order valence-electron chi connectivity index (χ0n) is 17.4. The number of aromatic nitrogens is 3. The number of carbonyl (C=O) groups excluding carboxylic acids is 1. The molecule has 31 heavy (non-hydrogen) atoms. The van der Waals surface area contributed by atoms with Crippen molar-refractivity contribution in [1.29, 1.82) is 0 Å². The summed E-state index contributed by atoms with van der Waals surface area (Å²) in [5.74, 6) is 2.56. The summed E-state index contributed by atoms with van der Waals surface area (Å²) < 4.78 is 2.05. The third kappa shape index (κ3) is 6.91. The Kier molecular flexibility index (Phi) is 9.14. The summed E-state index contributed by atoms with van der Waals surface area (Å²) in [5.41, 5.74) is 3.08. The van der Waals surface area contributed by atoms with Gasteiger partial charge in [0.1, 0.15) is 5.82 Å². The molecule has 2 aromatic carbocycles. The number of carbonyl (C=O) groups is 1. The van der Waals surface area contributed by atoms with Gasteiger partial charge in [-0.1, -0.05) is 60.1 Å². The predicted molar refractivity (Wildman–Crippen MR) is 132 cm³/mol. The lowest BCUT2D eigenvalue weighted by molar-refractivity contribution is -0.113. The topological polar surface area (TPSA) is 59.8 Å². The van der Waals surface area contributed by atoms with E-state index in [4.69, 9.17) is 23.2 Å². The van der Waals surface area contributed by atoms with Crippen LogP contribution >= 0.6 is 46.7 Å². The van der Waals surface area contributed by atoms with Crippen LogP contribution in [0, 0.1) is 0 Å². The average molecular weight is 496 g/mol. The van der Waals surface area contributed by atoms with Gasteiger partial charge in [0.25, 0.3) is 0 Å². The number of amides is 1. The summed E-state index contributed by atoms with van der Waals surface area (Å²) in [6, 6.07) is 13.4. The molecule has 1 heterocycles. The molecule has 0 fully saturated rings. The Morgan fingerprint density at radius 2 is 1.84 bits per heavy atom. The number of thioether (sulfide) groups is 2. The van der Waals surface area contributed by atoms with Crippen molar-refractivity contribution in [2.45, 2.75) is 43.5 Å². The SMILES string of the molecule is CCc1ccc(NC(=O)CSc2nnc(CSCc3ccc(Cl)cc3Cl)n2CC)cc1. The first-order valence-corrected chi connectivity index (χ1v) is 12.8. The third-order valence-electron chi connectivity index (χ3n) is 4.59. The van der Waals surface area contributed by atoms with Gasteiger partial charge in [0.15, 0.2) is 5.16 Å². The second-order valence-electron chi connectivity index (χ2n) is 6.76. The van der Waals surface area contributed by atoms with Gasteiger partial charge in [-0.2, -0.15) is 0 Å². The summed E-state index contributed by atoms with van der Waals surface area (Å²) in [7, 11) is 0. The van der Waals surface area contributed by atoms with Crippen molar-refractivity contribution in [2.75, 3.05) is 11.1 Å². The Balaban J connectivity index is 1.52. The van der Waals surface area contributed by atoms with Gasteiger partial charge in [0.05, 0.1) is 11.5 Å². The van der Waals surface area contributed by atoms with Gasteiger partial charge in [-0.25, -0.2) is 0 Å². The van der Waals surface area contributed by atoms with E-state index >= 15 is 0 Å². The maximum Gasteiger partial charge on any atom is 0.234 e. The highest BCUT2D eigenvalue weighted by Gasteiger charge is 2.14. The minimum absolute atomic E-state index is 0.0618. The largest absolute Gasteiger partial charge is 0.325 e. The van der Waals surface area contributed by atoms with Crippen molar-refractivity contribution < 1.29 is 4.79 Å². The molecule has 0 aliphatic carbocycles. The number of halogens is 2. The summed E-state index contributed by atoms with van der Waals surface area (Å²) in [6.07, 6.45) is 0.976. The van der Waals surface area contributed by atoms with Crippen molar-refractivity contribution in [3.63, 3.8) is 0 Å². The van der Waals surface area contributed by atoms with Crippen LogP contribution in [-0.2, 0) is 29.3 Å². The van der Waals surface area contributed by atoms with Gasteiger partial charge in [-0.3, -0.25) is 4.79 Å². The van der Waals surface area contributed by atoms with Crippen LogP contribution in [0.5, 0.6) is 0 Å². The van der Waals surface area contributed by atoms with E-state index < -0.39 is 0 Å². The standard InChI is InChI=1S/C22H24Cl2N4OS2/c1-3-15-5-9-18(10-6-15)25-21(29)14-31-22-27-26-20(28(22)4-2)13-30-12-16-7-8-17(23)11-19(16)24/h5-11H,3-4,12-14H2,1-2H3,(H,25,29). The van der Waals surface area contributed by atoms with Gasteiger partial charge in [-0.15, -0.1) is 22.0 Å². The molecule has 1 N–H and O–H groups in total. The van der Waals surface area contributed by atoms with Crippen LogP contribution in [0.4, 0.5) is 5.69 Å². The van der Waals surface area contributed by atoms with Crippen molar-refractivity contribution in [1.82, 2.24) is 14.8 Å². The molecule has 5 nitrogen and oxygen atoms in total. The molecule has 0 unspecified atom stereocenters. The molecular weight excluding hydrogens is 471 g/mol. The quantitative estimate of drug-likeness (QED) is 0.333. The number of anilines is 1. The molecule has 0 spiro atoms. The average Bonchev–Trinajstić information content (AvgIpc) is 3.16. The molecule has 0 radical (unpaired) electrons. The second kappa shape index (κ2) is 11.8. The summed E-state index contributed by atoms with van der Waals surface area (Å²) in [4.78, 5) is 12.3. The Bertz CT molecular complexity index is 1020. The molecule has 0 aliphatic heterocycles. The van der Waals surface area contributed by atoms with Crippen molar-refractivity contribution >= 4 is 58.3 Å². The molecule has 0 saturated carbocycles. The van der Waals surface area contributed by atoms with Crippen LogP contribution in [0.1, 0.15) is 30.8 Å². The number of hydrogen-bond donors (Lipinski definition) is 1. The lowest BCUT2D eigenvalue weighted by atomic mass is 10.1. The maximum absolute atomic E-state index is 12.3. The van der Waals surface area contributed by atoms with E-state index in [0.717, 1.165) is 41.0 Å². The first kappa shape index (κ1) is 24.0. The van der Waals surface area contributed by atoms with Gasteiger partial charge in [-0.05, 0) is 48.7 Å². The van der Waals surface area contributed by atoms with Crippen LogP contribution in [0.15, 0.2) is 47.6 Å². The molecular formula is C22H24Cl2N4OS2. The Morgan fingerprint density at radius 3 is 2.52 bits per heavy atom. The van der Waals surface area contributed by atoms with Crippen molar-refractivity contribution in [3.05, 3.63) is 69.5 Å². The monoisotopic (exact) mass is 494 g/mol. The van der Waals surface area contributed by atoms with E-state index in [1.54, 1.807) is 17.8 Å². The van der Waals surface area contributed by atoms with Crippen LogP contribution in [0.3, 0.4) is 0 Å². The highest BCUT2D eigenvalue weighted by atomic mass is 35.5.